The molecule has 0 unspecified atom stereocenters. The molecule has 0 atom stereocenters. The minimum Gasteiger partial charge on any atom is -0.507 e. The maximum atomic E-state index is 13.1. The second kappa shape index (κ2) is 14.0. The van der Waals surface area contributed by atoms with Crippen LogP contribution in [0.1, 0.15) is 117 Å². The van der Waals surface area contributed by atoms with Crippen LogP contribution in [0.2, 0.25) is 0 Å². The van der Waals surface area contributed by atoms with Crippen LogP contribution in [0.25, 0.3) is 0 Å². The van der Waals surface area contributed by atoms with Crippen molar-refractivity contribution in [3.05, 3.63) is 40.5 Å². The number of aromatic hydroxyl groups is 2. The van der Waals surface area contributed by atoms with Gasteiger partial charge in [-0.15, -0.1) is 0 Å². The number of carboxylic acid groups (broad SMARTS) is 1. The summed E-state index contributed by atoms with van der Waals surface area (Å²) in [4.78, 5) is 25.1. The fourth-order valence-corrected chi connectivity index (χ4v) is 4.79. The largest absolute Gasteiger partial charge is 0.507 e. The van der Waals surface area contributed by atoms with Crippen molar-refractivity contribution in [1.29, 1.82) is 0 Å². The first-order valence-electron chi connectivity index (χ1n) is 13.5. The summed E-state index contributed by atoms with van der Waals surface area (Å²) in [5, 5.41) is 42.8. The average molecular weight is 531 g/mol. The number of aliphatic hydroxyl groups is 1. The van der Waals surface area contributed by atoms with E-state index in [9.17, 15) is 30.0 Å². The number of rotatable bonds is 16. The van der Waals surface area contributed by atoms with Crippen LogP contribution in [0, 0.1) is 0 Å². The maximum Gasteiger partial charge on any atom is 0.339 e. The van der Waals surface area contributed by atoms with E-state index < -0.39 is 23.1 Å². The van der Waals surface area contributed by atoms with Crippen LogP contribution in [-0.2, 0) is 12.0 Å². The zero-order chi connectivity index (χ0) is 28.5. The number of phenols is 2. The Morgan fingerprint density at radius 1 is 0.868 bits per heavy atom. The van der Waals surface area contributed by atoms with Gasteiger partial charge in [-0.1, -0.05) is 59.3 Å². The molecule has 0 fully saturated rings. The molecule has 0 saturated heterocycles. The summed E-state index contributed by atoms with van der Waals surface area (Å²) in [5.41, 5.74) is -1.01. The number of ether oxygens (including phenoxy) is 2. The Bertz CT molecular complexity index is 1110. The molecule has 8 nitrogen and oxygen atoms in total. The lowest BCUT2D eigenvalue weighted by Gasteiger charge is -2.32. The zero-order valence-electron chi connectivity index (χ0n) is 23.2. The fraction of sp³-hybridized carbons (Fsp3) is 0.533. The number of carbonyl (C=O) groups excluding carboxylic acids is 1. The predicted octanol–water partition coefficient (Wildman–Crippen LogP) is 7.10. The molecular formula is C30H42O8. The lowest BCUT2D eigenvalue weighted by Crippen LogP contribution is -2.28. The number of carbonyl (C=O) groups is 2. The number of ketones is 1. The summed E-state index contributed by atoms with van der Waals surface area (Å²) in [7, 11) is 1.46. The Balaban J connectivity index is 2.83. The van der Waals surface area contributed by atoms with Crippen molar-refractivity contribution < 1.29 is 39.5 Å². The van der Waals surface area contributed by atoms with Crippen molar-refractivity contribution in [2.24, 2.45) is 0 Å². The van der Waals surface area contributed by atoms with E-state index in [1.807, 2.05) is 20.8 Å². The number of phenolic OH excluding ortho intramolecular Hbond substituents is 1. The minimum atomic E-state index is -1.36. The SMILES string of the molecule is CCCCCc1c(Oc2cc(OC)cc(C(O)(CCCC)CCCC)c2C(C)=O)c(O)cc(O)c1C(=O)O. The third kappa shape index (κ3) is 7.19. The third-order valence-electron chi connectivity index (χ3n) is 6.85. The van der Waals surface area contributed by atoms with Crippen LogP contribution in [-0.4, -0.2) is 39.3 Å². The summed E-state index contributed by atoms with van der Waals surface area (Å²) in [6.45, 7) is 7.43. The van der Waals surface area contributed by atoms with Crippen LogP contribution in [0.5, 0.6) is 28.7 Å². The molecule has 210 valence electrons. The molecular weight excluding hydrogens is 488 g/mol. The van der Waals surface area contributed by atoms with Crippen molar-refractivity contribution in [2.45, 2.75) is 97.5 Å². The van der Waals surface area contributed by atoms with Gasteiger partial charge in [0.1, 0.15) is 22.8 Å². The molecule has 0 amide bonds. The Labute approximate surface area is 225 Å². The van der Waals surface area contributed by atoms with E-state index in [1.54, 1.807) is 6.07 Å². The van der Waals surface area contributed by atoms with Gasteiger partial charge in [-0.3, -0.25) is 4.79 Å². The van der Waals surface area contributed by atoms with Gasteiger partial charge in [-0.2, -0.15) is 0 Å². The monoisotopic (exact) mass is 530 g/mol. The second-order valence-corrected chi connectivity index (χ2v) is 9.80. The van der Waals surface area contributed by atoms with Crippen LogP contribution >= 0.6 is 0 Å². The van der Waals surface area contributed by atoms with E-state index >= 15 is 0 Å². The minimum absolute atomic E-state index is 0.0346. The molecule has 0 radical (unpaired) electrons. The van der Waals surface area contributed by atoms with Gasteiger partial charge in [0, 0.05) is 23.3 Å². The zero-order valence-corrected chi connectivity index (χ0v) is 23.2. The van der Waals surface area contributed by atoms with Crippen molar-refractivity contribution in [3.8, 4) is 28.7 Å². The number of carboxylic acids is 1. The van der Waals surface area contributed by atoms with Crippen LogP contribution < -0.4 is 9.47 Å². The number of hydrogen-bond acceptors (Lipinski definition) is 7. The molecule has 2 rings (SSSR count). The molecule has 4 N–H and O–H groups in total. The molecule has 2 aromatic rings. The smallest absolute Gasteiger partial charge is 0.339 e. The Kier molecular flexibility index (Phi) is 11.4. The second-order valence-electron chi connectivity index (χ2n) is 9.80. The summed E-state index contributed by atoms with van der Waals surface area (Å²) in [5.74, 6) is -2.50. The topological polar surface area (TPSA) is 134 Å². The van der Waals surface area contributed by atoms with Crippen LogP contribution in [0.4, 0.5) is 0 Å². The summed E-state index contributed by atoms with van der Waals surface area (Å²) in [6.07, 6.45) is 6.60. The van der Waals surface area contributed by atoms with E-state index in [1.165, 1.54) is 20.1 Å². The Morgan fingerprint density at radius 3 is 1.97 bits per heavy atom. The molecule has 0 aliphatic heterocycles. The lowest BCUT2D eigenvalue weighted by molar-refractivity contribution is 0.0129. The molecule has 2 aromatic carbocycles. The van der Waals surface area contributed by atoms with E-state index in [2.05, 4.69) is 0 Å². The highest BCUT2D eigenvalue weighted by Crippen LogP contribution is 2.46. The van der Waals surface area contributed by atoms with Gasteiger partial charge >= 0.3 is 5.97 Å². The van der Waals surface area contributed by atoms with Crippen LogP contribution in [0.15, 0.2) is 18.2 Å². The number of hydrogen-bond donors (Lipinski definition) is 4. The van der Waals surface area contributed by atoms with Gasteiger partial charge in [0.05, 0.1) is 18.3 Å². The van der Waals surface area contributed by atoms with Crippen molar-refractivity contribution >= 4 is 11.8 Å². The highest BCUT2D eigenvalue weighted by atomic mass is 16.5. The van der Waals surface area contributed by atoms with Gasteiger partial charge in [0.25, 0.3) is 0 Å². The molecule has 0 aliphatic rings. The quantitative estimate of drug-likeness (QED) is 0.133. The van der Waals surface area contributed by atoms with Crippen molar-refractivity contribution in [1.82, 2.24) is 0 Å². The van der Waals surface area contributed by atoms with E-state index in [4.69, 9.17) is 9.47 Å². The molecule has 0 aromatic heterocycles. The number of benzene rings is 2. The summed E-state index contributed by atoms with van der Waals surface area (Å²) < 4.78 is 11.7. The molecule has 8 heteroatoms. The first kappa shape index (κ1) is 31.0. The Morgan fingerprint density at radius 2 is 1.47 bits per heavy atom. The van der Waals surface area contributed by atoms with E-state index in [-0.39, 0.29) is 40.4 Å². The lowest BCUT2D eigenvalue weighted by atomic mass is 9.80. The first-order valence-corrected chi connectivity index (χ1v) is 13.5. The molecule has 0 saturated carbocycles. The molecule has 0 spiro atoms. The van der Waals surface area contributed by atoms with Gasteiger partial charge in [-0.25, -0.2) is 4.79 Å². The van der Waals surface area contributed by atoms with Crippen LogP contribution in [0.3, 0.4) is 0 Å². The number of Topliss-reactive ketones (excluding diaryl/α,β-unsaturated/α-hetero) is 1. The highest BCUT2D eigenvalue weighted by Gasteiger charge is 2.35. The highest BCUT2D eigenvalue weighted by molar-refractivity contribution is 5.99. The molecule has 0 heterocycles. The fourth-order valence-electron chi connectivity index (χ4n) is 4.79. The van der Waals surface area contributed by atoms with Gasteiger partial charge in [0.15, 0.2) is 17.3 Å². The normalized spacial score (nSPS) is 11.4. The average Bonchev–Trinajstić information content (AvgIpc) is 2.87. The number of aromatic carboxylic acids is 1. The standard InChI is InChI=1S/C30H42O8/c1-6-9-12-13-21-27(29(34)35)23(32)18-24(33)28(21)38-25-17-20(37-5)16-22(26(25)19(4)31)30(36,14-10-7-2)15-11-8-3/h16-18,32-33,36H,6-15H2,1-5H3,(H,34,35). The third-order valence-corrected chi connectivity index (χ3v) is 6.85. The van der Waals surface area contributed by atoms with Crippen molar-refractivity contribution in [2.75, 3.05) is 7.11 Å². The van der Waals surface area contributed by atoms with Gasteiger partial charge in [0.2, 0.25) is 0 Å². The van der Waals surface area contributed by atoms with Gasteiger partial charge in [-0.05, 0) is 38.7 Å². The molecule has 0 bridgehead atoms. The summed E-state index contributed by atoms with van der Waals surface area (Å²) in [6, 6.07) is 4.06. The molecule has 38 heavy (non-hydrogen) atoms. The Hall–Kier alpha value is -3.26. The van der Waals surface area contributed by atoms with E-state index in [0.717, 1.165) is 44.6 Å². The molecule has 0 aliphatic carbocycles. The summed E-state index contributed by atoms with van der Waals surface area (Å²) >= 11 is 0. The predicted molar refractivity (Wildman–Crippen MR) is 146 cm³/mol. The van der Waals surface area contributed by atoms with Gasteiger partial charge < -0.3 is 29.9 Å². The number of unbranched alkanes of at least 4 members (excludes halogenated alkanes) is 4. The maximum absolute atomic E-state index is 13.1. The van der Waals surface area contributed by atoms with Crippen molar-refractivity contribution in [3.63, 3.8) is 0 Å². The van der Waals surface area contributed by atoms with E-state index in [0.29, 0.717) is 30.6 Å². The first-order chi connectivity index (χ1) is 18.0. The number of methoxy groups -OCH3 is 1.